The number of ether oxygens (including phenoxy) is 1. The van der Waals surface area contributed by atoms with E-state index in [9.17, 15) is 0 Å². The Labute approximate surface area is 111 Å². The second kappa shape index (κ2) is 4.53. The van der Waals surface area contributed by atoms with Gasteiger partial charge in [0, 0.05) is 11.1 Å². The second-order valence-corrected chi connectivity index (χ2v) is 4.59. The first-order valence-corrected chi connectivity index (χ1v) is 5.91. The van der Waals surface area contributed by atoms with E-state index in [4.69, 9.17) is 26.6 Å². The van der Waals surface area contributed by atoms with Crippen LogP contribution < -0.4 is 10.5 Å². The number of benzene rings is 1. The SMILES string of the molecule is COc1c(C)c(C)c(Cl)c(C)c1-c1cc(N)no1. The summed E-state index contributed by atoms with van der Waals surface area (Å²) in [4.78, 5) is 0. The van der Waals surface area contributed by atoms with E-state index >= 15 is 0 Å². The molecule has 0 aliphatic rings. The molecule has 4 nitrogen and oxygen atoms in total. The molecule has 1 heterocycles. The third kappa shape index (κ3) is 1.82. The van der Waals surface area contributed by atoms with Crippen molar-refractivity contribution in [3.05, 3.63) is 27.8 Å². The highest BCUT2D eigenvalue weighted by molar-refractivity contribution is 6.32. The minimum Gasteiger partial charge on any atom is -0.496 e. The Morgan fingerprint density at radius 3 is 2.39 bits per heavy atom. The van der Waals surface area contributed by atoms with Crippen LogP contribution in [0.1, 0.15) is 16.7 Å². The van der Waals surface area contributed by atoms with Gasteiger partial charge in [-0.25, -0.2) is 0 Å². The molecule has 2 rings (SSSR count). The smallest absolute Gasteiger partial charge is 0.173 e. The van der Waals surface area contributed by atoms with E-state index in [1.807, 2.05) is 20.8 Å². The molecule has 0 aliphatic heterocycles. The van der Waals surface area contributed by atoms with E-state index in [1.165, 1.54) is 0 Å². The summed E-state index contributed by atoms with van der Waals surface area (Å²) in [6.45, 7) is 5.85. The molecular weight excluding hydrogens is 252 g/mol. The fourth-order valence-electron chi connectivity index (χ4n) is 2.04. The number of aromatic nitrogens is 1. The molecule has 0 bridgehead atoms. The van der Waals surface area contributed by atoms with Crippen molar-refractivity contribution in [3.63, 3.8) is 0 Å². The molecule has 0 radical (unpaired) electrons. The van der Waals surface area contributed by atoms with E-state index in [2.05, 4.69) is 5.16 Å². The van der Waals surface area contributed by atoms with Gasteiger partial charge in [-0.05, 0) is 37.5 Å². The van der Waals surface area contributed by atoms with E-state index in [1.54, 1.807) is 13.2 Å². The number of rotatable bonds is 2. The molecule has 18 heavy (non-hydrogen) atoms. The molecule has 0 unspecified atom stereocenters. The molecule has 0 saturated heterocycles. The summed E-state index contributed by atoms with van der Waals surface area (Å²) in [6, 6.07) is 1.66. The van der Waals surface area contributed by atoms with Gasteiger partial charge in [-0.1, -0.05) is 16.8 Å². The number of nitrogens with two attached hydrogens (primary N) is 1. The Balaban J connectivity index is 2.81. The standard InChI is InChI=1S/C13H15ClN2O2/c1-6-7(2)13(17-4)11(8(3)12(6)14)9-5-10(15)16-18-9/h5H,1-4H3,(H2,15,16). The van der Waals surface area contributed by atoms with E-state index in [0.717, 1.165) is 28.0 Å². The van der Waals surface area contributed by atoms with Crippen LogP contribution in [0.15, 0.2) is 10.6 Å². The van der Waals surface area contributed by atoms with Gasteiger partial charge in [-0.2, -0.15) is 0 Å². The summed E-state index contributed by atoms with van der Waals surface area (Å²) >= 11 is 6.32. The van der Waals surface area contributed by atoms with Crippen molar-refractivity contribution in [3.8, 4) is 17.1 Å². The van der Waals surface area contributed by atoms with Crippen LogP contribution in [0.25, 0.3) is 11.3 Å². The molecule has 96 valence electrons. The van der Waals surface area contributed by atoms with Gasteiger partial charge in [0.25, 0.3) is 0 Å². The summed E-state index contributed by atoms with van der Waals surface area (Å²) in [5, 5.41) is 4.40. The molecule has 1 aromatic heterocycles. The van der Waals surface area contributed by atoms with Crippen LogP contribution >= 0.6 is 11.6 Å². The van der Waals surface area contributed by atoms with Gasteiger partial charge in [0.05, 0.1) is 12.7 Å². The van der Waals surface area contributed by atoms with Gasteiger partial charge in [0.1, 0.15) is 5.75 Å². The molecule has 2 aromatic rings. The van der Waals surface area contributed by atoms with E-state index in [0.29, 0.717) is 16.6 Å². The molecule has 0 fully saturated rings. The number of methoxy groups -OCH3 is 1. The third-order valence-corrected chi connectivity index (χ3v) is 3.71. The second-order valence-electron chi connectivity index (χ2n) is 4.21. The first kappa shape index (κ1) is 12.8. The molecule has 0 atom stereocenters. The Hall–Kier alpha value is -1.68. The van der Waals surface area contributed by atoms with Crippen LogP contribution in [0.2, 0.25) is 5.02 Å². The van der Waals surface area contributed by atoms with Crippen molar-refractivity contribution in [2.75, 3.05) is 12.8 Å². The van der Waals surface area contributed by atoms with Gasteiger partial charge < -0.3 is 15.0 Å². The minimum atomic E-state index is 0.334. The predicted molar refractivity (Wildman–Crippen MR) is 72.1 cm³/mol. The zero-order valence-electron chi connectivity index (χ0n) is 10.8. The van der Waals surface area contributed by atoms with E-state index < -0.39 is 0 Å². The maximum atomic E-state index is 6.32. The van der Waals surface area contributed by atoms with Crippen LogP contribution in [0.4, 0.5) is 5.82 Å². The molecule has 0 spiro atoms. The number of hydrogen-bond acceptors (Lipinski definition) is 4. The molecule has 1 aromatic carbocycles. The molecule has 5 heteroatoms. The number of halogens is 1. The number of nitrogens with zero attached hydrogens (tertiary/aromatic N) is 1. The fraction of sp³-hybridized carbons (Fsp3) is 0.308. The Morgan fingerprint density at radius 1 is 1.22 bits per heavy atom. The lowest BCUT2D eigenvalue weighted by atomic mass is 9.97. The monoisotopic (exact) mass is 266 g/mol. The summed E-state index contributed by atoms with van der Waals surface area (Å²) in [6.07, 6.45) is 0. The molecule has 2 N–H and O–H groups in total. The summed E-state index contributed by atoms with van der Waals surface area (Å²) < 4.78 is 10.7. The predicted octanol–water partition coefficient (Wildman–Crippen LogP) is 3.51. The zero-order valence-corrected chi connectivity index (χ0v) is 11.6. The molecule has 0 aliphatic carbocycles. The van der Waals surface area contributed by atoms with Crippen molar-refractivity contribution in [1.29, 1.82) is 0 Å². The highest BCUT2D eigenvalue weighted by atomic mass is 35.5. The maximum Gasteiger partial charge on any atom is 0.173 e. The Morgan fingerprint density at radius 2 is 1.89 bits per heavy atom. The molecule has 0 saturated carbocycles. The Bertz CT molecular complexity index is 606. The molecular formula is C13H15ClN2O2. The normalized spacial score (nSPS) is 10.7. The van der Waals surface area contributed by atoms with Crippen LogP contribution in [-0.4, -0.2) is 12.3 Å². The van der Waals surface area contributed by atoms with Crippen molar-refractivity contribution < 1.29 is 9.26 Å². The lowest BCUT2D eigenvalue weighted by molar-refractivity contribution is 0.403. The first-order valence-electron chi connectivity index (χ1n) is 5.53. The van der Waals surface area contributed by atoms with Gasteiger partial charge in [-0.3, -0.25) is 0 Å². The van der Waals surface area contributed by atoms with Crippen molar-refractivity contribution in [2.24, 2.45) is 0 Å². The zero-order chi connectivity index (χ0) is 13.4. The topological polar surface area (TPSA) is 61.3 Å². The Kier molecular flexibility index (Phi) is 3.22. The average molecular weight is 267 g/mol. The number of hydrogen-bond donors (Lipinski definition) is 1. The summed E-state index contributed by atoms with van der Waals surface area (Å²) in [5.41, 5.74) is 9.27. The highest BCUT2D eigenvalue weighted by Crippen LogP contribution is 2.42. The van der Waals surface area contributed by atoms with Gasteiger partial charge in [0.2, 0.25) is 0 Å². The van der Waals surface area contributed by atoms with Gasteiger partial charge >= 0.3 is 0 Å². The summed E-state index contributed by atoms with van der Waals surface area (Å²) in [5.74, 6) is 1.64. The van der Waals surface area contributed by atoms with Crippen molar-refractivity contribution >= 4 is 17.4 Å². The largest absolute Gasteiger partial charge is 0.496 e. The van der Waals surface area contributed by atoms with Crippen molar-refractivity contribution in [1.82, 2.24) is 5.16 Å². The minimum absolute atomic E-state index is 0.334. The van der Waals surface area contributed by atoms with Crippen molar-refractivity contribution in [2.45, 2.75) is 20.8 Å². The van der Waals surface area contributed by atoms with E-state index in [-0.39, 0.29) is 0 Å². The third-order valence-electron chi connectivity index (χ3n) is 3.14. The molecule has 0 amide bonds. The lowest BCUT2D eigenvalue weighted by Gasteiger charge is -2.16. The average Bonchev–Trinajstić information content (AvgIpc) is 2.77. The van der Waals surface area contributed by atoms with Gasteiger partial charge in [-0.15, -0.1) is 0 Å². The fourth-order valence-corrected chi connectivity index (χ4v) is 2.28. The van der Waals surface area contributed by atoms with Crippen LogP contribution in [0, 0.1) is 20.8 Å². The number of anilines is 1. The van der Waals surface area contributed by atoms with Crippen LogP contribution in [0.3, 0.4) is 0 Å². The number of nitrogen functional groups attached to an aromatic ring is 1. The highest BCUT2D eigenvalue weighted by Gasteiger charge is 2.21. The maximum absolute atomic E-state index is 6.32. The summed E-state index contributed by atoms with van der Waals surface area (Å²) in [7, 11) is 1.62. The van der Waals surface area contributed by atoms with Crippen LogP contribution in [-0.2, 0) is 0 Å². The quantitative estimate of drug-likeness (QED) is 0.903. The van der Waals surface area contributed by atoms with Crippen LogP contribution in [0.5, 0.6) is 5.75 Å². The first-order chi connectivity index (χ1) is 8.47. The van der Waals surface area contributed by atoms with Gasteiger partial charge in [0.15, 0.2) is 11.6 Å². The lowest BCUT2D eigenvalue weighted by Crippen LogP contribution is -1.98.